The largest absolute Gasteiger partial charge is 0.508 e. The fourth-order valence-electron chi connectivity index (χ4n) is 0.959. The van der Waals surface area contributed by atoms with Gasteiger partial charge in [0.05, 0.1) is 5.92 Å². The van der Waals surface area contributed by atoms with Crippen molar-refractivity contribution in [2.24, 2.45) is 0 Å². The molecule has 0 aliphatic carbocycles. The first-order chi connectivity index (χ1) is 5.77. The Balaban J connectivity index is 2.93. The van der Waals surface area contributed by atoms with Gasteiger partial charge in [-0.3, -0.25) is 0 Å². The smallest absolute Gasteiger partial charge is 0.130 e. The molecule has 0 heterocycles. The number of alkyl halides is 1. The van der Waals surface area contributed by atoms with E-state index in [1.54, 1.807) is 12.1 Å². The number of phenols is 1. The van der Waals surface area contributed by atoms with Gasteiger partial charge in [0.25, 0.3) is 0 Å². The van der Waals surface area contributed by atoms with Gasteiger partial charge in [0, 0.05) is 0 Å². The summed E-state index contributed by atoms with van der Waals surface area (Å²) >= 11 is 0. The predicted octanol–water partition coefficient (Wildman–Crippen LogP) is 1.64. The first-order valence-corrected chi connectivity index (χ1v) is 3.58. The van der Waals surface area contributed by atoms with Crippen LogP contribution < -0.4 is 0 Å². The number of aldehydes is 1. The SMILES string of the molecule is O=CC(CF)c1cccc(O)c1. The highest BCUT2D eigenvalue weighted by atomic mass is 19.1. The third-order valence-electron chi connectivity index (χ3n) is 1.63. The summed E-state index contributed by atoms with van der Waals surface area (Å²) in [4.78, 5) is 10.3. The van der Waals surface area contributed by atoms with Crippen molar-refractivity contribution >= 4 is 6.29 Å². The van der Waals surface area contributed by atoms with Gasteiger partial charge in [-0.15, -0.1) is 0 Å². The zero-order valence-electron chi connectivity index (χ0n) is 6.40. The van der Waals surface area contributed by atoms with Crippen LogP contribution in [-0.2, 0) is 4.79 Å². The summed E-state index contributed by atoms with van der Waals surface area (Å²) in [6.45, 7) is -0.729. The molecule has 0 amide bonds. The molecular weight excluding hydrogens is 159 g/mol. The summed E-state index contributed by atoms with van der Waals surface area (Å²) in [5.74, 6) is -0.704. The van der Waals surface area contributed by atoms with Crippen molar-refractivity contribution < 1.29 is 14.3 Å². The topological polar surface area (TPSA) is 37.3 Å². The number of carbonyl (C=O) groups is 1. The fourth-order valence-corrected chi connectivity index (χ4v) is 0.959. The molecule has 0 aromatic heterocycles. The average molecular weight is 168 g/mol. The van der Waals surface area contributed by atoms with E-state index in [9.17, 15) is 9.18 Å². The highest BCUT2D eigenvalue weighted by Gasteiger charge is 2.09. The molecule has 12 heavy (non-hydrogen) atoms. The second kappa shape index (κ2) is 3.85. The number of phenolic OH excluding ortho intramolecular Hbond substituents is 1. The van der Waals surface area contributed by atoms with E-state index in [0.29, 0.717) is 11.8 Å². The minimum Gasteiger partial charge on any atom is -0.508 e. The lowest BCUT2D eigenvalue weighted by molar-refractivity contribution is -0.109. The van der Waals surface area contributed by atoms with Crippen LogP contribution in [0, 0.1) is 0 Å². The van der Waals surface area contributed by atoms with Crippen molar-refractivity contribution in [3.05, 3.63) is 29.8 Å². The van der Waals surface area contributed by atoms with Crippen LogP contribution in [0.5, 0.6) is 5.75 Å². The van der Waals surface area contributed by atoms with Crippen molar-refractivity contribution in [3.8, 4) is 5.75 Å². The van der Waals surface area contributed by atoms with E-state index in [1.165, 1.54) is 12.1 Å². The van der Waals surface area contributed by atoms with Crippen LogP contribution in [0.1, 0.15) is 11.5 Å². The molecule has 0 fully saturated rings. The minimum atomic E-state index is -0.753. The standard InChI is InChI=1S/C9H9FO2/c10-5-8(6-11)7-2-1-3-9(12)4-7/h1-4,6,8,12H,5H2. The fraction of sp³-hybridized carbons (Fsp3) is 0.222. The van der Waals surface area contributed by atoms with Crippen molar-refractivity contribution in [2.45, 2.75) is 5.92 Å². The highest BCUT2D eigenvalue weighted by molar-refractivity contribution is 5.62. The van der Waals surface area contributed by atoms with E-state index < -0.39 is 12.6 Å². The lowest BCUT2D eigenvalue weighted by Crippen LogP contribution is -2.01. The number of benzene rings is 1. The summed E-state index contributed by atoms with van der Waals surface area (Å²) < 4.78 is 12.2. The van der Waals surface area contributed by atoms with Gasteiger partial charge in [-0.05, 0) is 17.7 Å². The van der Waals surface area contributed by atoms with Gasteiger partial charge < -0.3 is 9.90 Å². The number of halogens is 1. The Morgan fingerprint density at radius 3 is 2.83 bits per heavy atom. The van der Waals surface area contributed by atoms with Crippen LogP contribution in [0.4, 0.5) is 4.39 Å². The second-order valence-electron chi connectivity index (χ2n) is 2.49. The van der Waals surface area contributed by atoms with E-state index >= 15 is 0 Å². The molecule has 0 bridgehead atoms. The van der Waals surface area contributed by atoms with Gasteiger partial charge in [0.15, 0.2) is 0 Å². The highest BCUT2D eigenvalue weighted by Crippen LogP contribution is 2.18. The summed E-state index contributed by atoms with van der Waals surface area (Å²) in [6.07, 6.45) is 0.536. The maximum absolute atomic E-state index is 12.2. The minimum absolute atomic E-state index is 0.0489. The summed E-state index contributed by atoms with van der Waals surface area (Å²) in [7, 11) is 0. The molecule has 0 saturated heterocycles. The van der Waals surface area contributed by atoms with Gasteiger partial charge in [-0.1, -0.05) is 12.1 Å². The van der Waals surface area contributed by atoms with Crippen LogP contribution >= 0.6 is 0 Å². The molecular formula is C9H9FO2. The normalized spacial score (nSPS) is 12.4. The molecule has 1 unspecified atom stereocenters. The van der Waals surface area contributed by atoms with Crippen LogP contribution in [0.2, 0.25) is 0 Å². The van der Waals surface area contributed by atoms with Gasteiger partial charge in [-0.2, -0.15) is 0 Å². The van der Waals surface area contributed by atoms with Crippen LogP contribution in [0.25, 0.3) is 0 Å². The Labute approximate surface area is 69.6 Å². The van der Waals surface area contributed by atoms with E-state index in [0.717, 1.165) is 0 Å². The lowest BCUT2D eigenvalue weighted by Gasteiger charge is -2.04. The maximum atomic E-state index is 12.2. The maximum Gasteiger partial charge on any atom is 0.130 e. The van der Waals surface area contributed by atoms with E-state index in [1.807, 2.05) is 0 Å². The molecule has 0 radical (unpaired) electrons. The van der Waals surface area contributed by atoms with Crippen molar-refractivity contribution in [3.63, 3.8) is 0 Å². The molecule has 1 N–H and O–H groups in total. The van der Waals surface area contributed by atoms with Gasteiger partial charge in [0.2, 0.25) is 0 Å². The lowest BCUT2D eigenvalue weighted by atomic mass is 10.0. The molecule has 3 heteroatoms. The molecule has 2 nitrogen and oxygen atoms in total. The Morgan fingerprint density at radius 1 is 1.58 bits per heavy atom. The molecule has 64 valence electrons. The number of rotatable bonds is 3. The molecule has 0 saturated carbocycles. The molecule has 1 aromatic rings. The van der Waals surface area contributed by atoms with E-state index in [-0.39, 0.29) is 5.75 Å². The van der Waals surface area contributed by atoms with E-state index in [2.05, 4.69) is 0 Å². The van der Waals surface area contributed by atoms with Crippen molar-refractivity contribution in [1.82, 2.24) is 0 Å². The molecule has 1 aromatic carbocycles. The average Bonchev–Trinajstić information content (AvgIpc) is 2.07. The van der Waals surface area contributed by atoms with Gasteiger partial charge in [0.1, 0.15) is 18.7 Å². The summed E-state index contributed by atoms with van der Waals surface area (Å²) in [5.41, 5.74) is 0.507. The van der Waals surface area contributed by atoms with Crippen LogP contribution in [-0.4, -0.2) is 18.1 Å². The zero-order valence-corrected chi connectivity index (χ0v) is 6.40. The zero-order chi connectivity index (χ0) is 8.97. The van der Waals surface area contributed by atoms with Gasteiger partial charge >= 0.3 is 0 Å². The first kappa shape index (κ1) is 8.71. The number of hydrogen-bond donors (Lipinski definition) is 1. The molecule has 0 aliphatic rings. The van der Waals surface area contributed by atoms with Crippen LogP contribution in [0.15, 0.2) is 24.3 Å². The molecule has 1 rings (SSSR count). The molecule has 0 aliphatic heterocycles. The molecule has 1 atom stereocenters. The summed E-state index contributed by atoms with van der Waals surface area (Å²) in [5, 5.41) is 9.01. The monoisotopic (exact) mass is 168 g/mol. The predicted molar refractivity (Wildman–Crippen MR) is 42.9 cm³/mol. The van der Waals surface area contributed by atoms with Gasteiger partial charge in [-0.25, -0.2) is 4.39 Å². The van der Waals surface area contributed by atoms with E-state index in [4.69, 9.17) is 5.11 Å². The first-order valence-electron chi connectivity index (χ1n) is 3.58. The Morgan fingerprint density at radius 2 is 2.33 bits per heavy atom. The molecule has 0 spiro atoms. The third-order valence-corrected chi connectivity index (χ3v) is 1.63. The Kier molecular flexibility index (Phi) is 2.80. The number of carbonyl (C=O) groups excluding carboxylic acids is 1. The van der Waals surface area contributed by atoms with Crippen molar-refractivity contribution in [1.29, 1.82) is 0 Å². The Bertz CT molecular complexity index is 273. The number of hydrogen-bond acceptors (Lipinski definition) is 2. The second-order valence-corrected chi connectivity index (χ2v) is 2.49. The quantitative estimate of drug-likeness (QED) is 0.696. The van der Waals surface area contributed by atoms with Crippen molar-refractivity contribution in [2.75, 3.05) is 6.67 Å². The summed E-state index contributed by atoms with van der Waals surface area (Å²) in [6, 6.07) is 6.05. The number of aromatic hydroxyl groups is 1. The third kappa shape index (κ3) is 1.81. The van der Waals surface area contributed by atoms with Crippen LogP contribution in [0.3, 0.4) is 0 Å². The Hall–Kier alpha value is -1.38.